The number of carbonyl (C=O) groups excluding carboxylic acids is 2. The van der Waals surface area contributed by atoms with Crippen LogP contribution in [0.1, 0.15) is 25.3 Å². The van der Waals surface area contributed by atoms with Crippen LogP contribution in [0.25, 0.3) is 6.08 Å². The third kappa shape index (κ3) is 7.67. The molecule has 8 nitrogen and oxygen atoms in total. The molecule has 0 bridgehead atoms. The first-order chi connectivity index (χ1) is 19.0. The molecule has 204 valence electrons. The Morgan fingerprint density at radius 2 is 1.87 bits per heavy atom. The maximum atomic E-state index is 12.6. The number of fused-ring (bicyclic) bond motifs is 1. The van der Waals surface area contributed by atoms with Crippen molar-refractivity contribution in [3.63, 3.8) is 0 Å². The molecule has 0 saturated heterocycles. The maximum Gasteiger partial charge on any atom is 0.265 e. The molecule has 3 aromatic rings. The minimum Gasteiger partial charge on any atom is -0.494 e. The second-order valence-corrected chi connectivity index (χ2v) is 9.13. The van der Waals surface area contributed by atoms with E-state index in [0.29, 0.717) is 53.4 Å². The number of nitrogens with zero attached hydrogens (tertiary/aromatic N) is 1. The summed E-state index contributed by atoms with van der Waals surface area (Å²) in [6.07, 6.45) is 4.63. The second kappa shape index (κ2) is 13.6. The number of benzene rings is 3. The summed E-state index contributed by atoms with van der Waals surface area (Å²) >= 11 is 5.90. The van der Waals surface area contributed by atoms with E-state index in [0.717, 1.165) is 24.2 Å². The van der Waals surface area contributed by atoms with Gasteiger partial charge in [-0.25, -0.2) is 0 Å². The largest absolute Gasteiger partial charge is 0.494 e. The summed E-state index contributed by atoms with van der Waals surface area (Å²) in [4.78, 5) is 26.9. The molecule has 0 spiro atoms. The molecule has 0 radical (unpaired) electrons. The van der Waals surface area contributed by atoms with Gasteiger partial charge in [-0.3, -0.25) is 9.59 Å². The molecule has 1 aliphatic heterocycles. The fraction of sp³-hybridized carbons (Fsp3) is 0.267. The number of unbranched alkanes of at least 4 members (excludes halogenated alkanes) is 1. The summed E-state index contributed by atoms with van der Waals surface area (Å²) in [6, 6.07) is 17.9. The van der Waals surface area contributed by atoms with Crippen molar-refractivity contribution in [2.75, 3.05) is 43.7 Å². The minimum absolute atomic E-state index is 0.0196. The van der Waals surface area contributed by atoms with E-state index >= 15 is 0 Å². The number of carbonyl (C=O) groups is 2. The normalized spacial score (nSPS) is 12.6. The van der Waals surface area contributed by atoms with Gasteiger partial charge < -0.3 is 29.2 Å². The van der Waals surface area contributed by atoms with Gasteiger partial charge in [0.15, 0.2) is 18.1 Å². The van der Waals surface area contributed by atoms with Crippen molar-refractivity contribution in [3.8, 4) is 23.0 Å². The third-order valence-corrected chi connectivity index (χ3v) is 6.19. The lowest BCUT2D eigenvalue weighted by molar-refractivity contribution is -0.121. The Labute approximate surface area is 233 Å². The van der Waals surface area contributed by atoms with Crippen molar-refractivity contribution in [2.45, 2.75) is 19.8 Å². The highest BCUT2D eigenvalue weighted by atomic mass is 35.5. The van der Waals surface area contributed by atoms with E-state index in [2.05, 4.69) is 5.32 Å². The fourth-order valence-electron chi connectivity index (χ4n) is 4.04. The lowest BCUT2D eigenvalue weighted by Gasteiger charge is -2.30. The first kappa shape index (κ1) is 27.9. The highest BCUT2D eigenvalue weighted by Gasteiger charge is 2.25. The first-order valence-electron chi connectivity index (χ1n) is 12.7. The number of methoxy groups -OCH3 is 1. The number of rotatable bonds is 12. The molecule has 0 fully saturated rings. The summed E-state index contributed by atoms with van der Waals surface area (Å²) in [5.74, 6) is 2.15. The van der Waals surface area contributed by atoms with Gasteiger partial charge in [-0.05, 0) is 86.0 Å². The van der Waals surface area contributed by atoms with Crippen molar-refractivity contribution < 1.29 is 28.5 Å². The third-order valence-electron chi connectivity index (χ3n) is 5.94. The maximum absolute atomic E-state index is 12.6. The Bertz CT molecular complexity index is 1330. The Balaban J connectivity index is 1.34. The van der Waals surface area contributed by atoms with E-state index in [1.54, 1.807) is 60.6 Å². The Morgan fingerprint density at radius 1 is 1.05 bits per heavy atom. The minimum atomic E-state index is -0.309. The van der Waals surface area contributed by atoms with E-state index in [4.69, 9.17) is 30.5 Å². The number of hydrogen-bond acceptors (Lipinski definition) is 6. The van der Waals surface area contributed by atoms with Gasteiger partial charge in [0.1, 0.15) is 11.5 Å². The first-order valence-corrected chi connectivity index (χ1v) is 13.1. The van der Waals surface area contributed by atoms with Crippen LogP contribution in [0.15, 0.2) is 66.7 Å². The molecule has 1 aliphatic rings. The van der Waals surface area contributed by atoms with Crippen LogP contribution in [0.3, 0.4) is 0 Å². The molecule has 4 rings (SSSR count). The molecular formula is C30H31ClN2O6. The van der Waals surface area contributed by atoms with Gasteiger partial charge in [-0.15, -0.1) is 0 Å². The van der Waals surface area contributed by atoms with E-state index in [-0.39, 0.29) is 18.4 Å². The van der Waals surface area contributed by atoms with Gasteiger partial charge in [0.05, 0.1) is 26.0 Å². The van der Waals surface area contributed by atoms with Crippen LogP contribution in [-0.4, -0.2) is 45.3 Å². The van der Waals surface area contributed by atoms with Crippen molar-refractivity contribution in [3.05, 3.63) is 77.3 Å². The van der Waals surface area contributed by atoms with Gasteiger partial charge >= 0.3 is 0 Å². The van der Waals surface area contributed by atoms with E-state index in [9.17, 15) is 9.59 Å². The smallest absolute Gasteiger partial charge is 0.265 e. The van der Waals surface area contributed by atoms with Crippen LogP contribution in [0.4, 0.5) is 11.4 Å². The molecule has 0 atom stereocenters. The van der Waals surface area contributed by atoms with Crippen LogP contribution < -0.4 is 29.2 Å². The van der Waals surface area contributed by atoms with Crippen molar-refractivity contribution >= 4 is 40.9 Å². The monoisotopic (exact) mass is 550 g/mol. The summed E-state index contributed by atoms with van der Waals surface area (Å²) < 4.78 is 22.2. The Kier molecular flexibility index (Phi) is 9.69. The second-order valence-electron chi connectivity index (χ2n) is 8.69. The van der Waals surface area contributed by atoms with Crippen LogP contribution in [0.5, 0.6) is 23.0 Å². The summed E-state index contributed by atoms with van der Waals surface area (Å²) in [7, 11) is 1.57. The zero-order chi connectivity index (χ0) is 27.6. The fourth-order valence-corrected chi connectivity index (χ4v) is 4.16. The molecule has 39 heavy (non-hydrogen) atoms. The number of nitrogens with one attached hydrogen (secondary N) is 1. The average molecular weight is 551 g/mol. The lowest BCUT2D eigenvalue weighted by Crippen LogP contribution is -2.39. The predicted molar refractivity (Wildman–Crippen MR) is 152 cm³/mol. The number of halogens is 1. The Hall–Kier alpha value is -4.17. The number of hydrogen-bond donors (Lipinski definition) is 1. The molecule has 0 saturated carbocycles. The zero-order valence-corrected chi connectivity index (χ0v) is 22.7. The highest BCUT2D eigenvalue weighted by Crippen LogP contribution is 2.35. The molecule has 1 N–H and O–H groups in total. The van der Waals surface area contributed by atoms with E-state index in [1.807, 2.05) is 25.1 Å². The van der Waals surface area contributed by atoms with E-state index < -0.39 is 0 Å². The number of ether oxygens (including phenoxy) is 4. The zero-order valence-electron chi connectivity index (χ0n) is 21.9. The molecule has 9 heteroatoms. The van der Waals surface area contributed by atoms with Crippen LogP contribution in [0, 0.1) is 0 Å². The standard InChI is InChI=1S/C30H31ClN2O6/c1-3-37-27-13-6-21(18-28(27)36-2)7-15-29(34)32-23-10-14-26-25(19-23)33(30(35)20-39-26)16-4-5-17-38-24-11-8-22(31)9-12-24/h6-15,18-19H,3-5,16-17,20H2,1-2H3,(H,32,34)/b15-7+. The predicted octanol–water partition coefficient (Wildman–Crippen LogP) is 5.98. The van der Waals surface area contributed by atoms with Gasteiger partial charge in [0.25, 0.3) is 5.91 Å². The molecule has 2 amide bonds. The highest BCUT2D eigenvalue weighted by molar-refractivity contribution is 6.30. The van der Waals surface area contributed by atoms with Crippen LogP contribution >= 0.6 is 11.6 Å². The molecule has 1 heterocycles. The molecule has 0 unspecified atom stereocenters. The average Bonchev–Trinajstić information content (AvgIpc) is 2.94. The summed E-state index contributed by atoms with van der Waals surface area (Å²) in [5, 5.41) is 3.51. The molecule has 3 aromatic carbocycles. The topological polar surface area (TPSA) is 86.3 Å². The van der Waals surface area contributed by atoms with Gasteiger partial charge in [-0.2, -0.15) is 0 Å². The van der Waals surface area contributed by atoms with Crippen molar-refractivity contribution in [2.24, 2.45) is 0 Å². The number of amides is 2. The van der Waals surface area contributed by atoms with Crippen molar-refractivity contribution in [1.82, 2.24) is 0 Å². The van der Waals surface area contributed by atoms with Crippen LogP contribution in [0.2, 0.25) is 5.02 Å². The lowest BCUT2D eigenvalue weighted by atomic mass is 10.1. The molecule has 0 aromatic heterocycles. The van der Waals surface area contributed by atoms with Crippen molar-refractivity contribution in [1.29, 1.82) is 0 Å². The molecule has 0 aliphatic carbocycles. The number of anilines is 2. The van der Waals surface area contributed by atoms with E-state index in [1.165, 1.54) is 6.08 Å². The molecular weight excluding hydrogens is 520 g/mol. The SMILES string of the molecule is CCOc1ccc(/C=C/C(=O)Nc2ccc3c(c2)N(CCCCOc2ccc(Cl)cc2)C(=O)CO3)cc1OC. The Morgan fingerprint density at radius 3 is 2.64 bits per heavy atom. The summed E-state index contributed by atoms with van der Waals surface area (Å²) in [6.45, 7) is 3.44. The summed E-state index contributed by atoms with van der Waals surface area (Å²) in [5.41, 5.74) is 1.98. The van der Waals surface area contributed by atoms with Gasteiger partial charge in [-0.1, -0.05) is 17.7 Å². The van der Waals surface area contributed by atoms with Gasteiger partial charge in [0, 0.05) is 23.3 Å². The van der Waals surface area contributed by atoms with Crippen LogP contribution in [-0.2, 0) is 9.59 Å². The van der Waals surface area contributed by atoms with Gasteiger partial charge in [0.2, 0.25) is 5.91 Å². The quantitative estimate of drug-likeness (QED) is 0.220.